The lowest BCUT2D eigenvalue weighted by Crippen LogP contribution is -2.34. The molecule has 27 heavy (non-hydrogen) atoms. The molecule has 7 nitrogen and oxygen atoms in total. The van der Waals surface area contributed by atoms with Crippen LogP contribution in [0.25, 0.3) is 4.85 Å². The zero-order chi connectivity index (χ0) is 19.4. The van der Waals surface area contributed by atoms with E-state index in [0.717, 1.165) is 10.6 Å². The first kappa shape index (κ1) is 18.2. The standard InChI is InChI=1S/C19H16FN5O2/c1-21-15-9-13(8-14(20)10-15)7-12-3-5-17(22-11-12)23-19(27)16-4-6-18(26)25(2)24-16/h3,5,8-11H,4,6-7H2,2H3,(H,22,23,27). The second kappa shape index (κ2) is 7.74. The van der Waals surface area contributed by atoms with E-state index in [-0.39, 0.29) is 30.1 Å². The minimum atomic E-state index is -0.452. The molecule has 2 aromatic rings. The number of carbonyl (C=O) groups is 2. The van der Waals surface area contributed by atoms with E-state index in [4.69, 9.17) is 6.57 Å². The molecule has 1 aliphatic heterocycles. The Labute approximate surface area is 155 Å². The van der Waals surface area contributed by atoms with Crippen molar-refractivity contribution in [1.29, 1.82) is 0 Å². The minimum absolute atomic E-state index is 0.132. The number of carbonyl (C=O) groups excluding carboxylic acids is 2. The summed E-state index contributed by atoms with van der Waals surface area (Å²) in [5.74, 6) is -0.631. The van der Waals surface area contributed by atoms with E-state index in [9.17, 15) is 14.0 Å². The molecule has 1 N–H and O–H groups in total. The largest absolute Gasteiger partial charge is 0.305 e. The summed E-state index contributed by atoms with van der Waals surface area (Å²) in [6.45, 7) is 6.99. The smallest absolute Gasteiger partial charge is 0.273 e. The number of hydrogen-bond donors (Lipinski definition) is 1. The van der Waals surface area contributed by atoms with Crippen LogP contribution in [0, 0.1) is 12.4 Å². The molecule has 0 atom stereocenters. The Morgan fingerprint density at radius 1 is 1.30 bits per heavy atom. The topological polar surface area (TPSA) is 79.0 Å². The molecule has 8 heteroatoms. The van der Waals surface area contributed by atoms with Gasteiger partial charge in [0.05, 0.1) is 6.57 Å². The highest BCUT2D eigenvalue weighted by Crippen LogP contribution is 2.20. The van der Waals surface area contributed by atoms with E-state index in [1.165, 1.54) is 19.2 Å². The van der Waals surface area contributed by atoms with Gasteiger partial charge in [0.15, 0.2) is 5.69 Å². The molecule has 0 spiro atoms. The van der Waals surface area contributed by atoms with Crippen molar-refractivity contribution in [1.82, 2.24) is 9.99 Å². The molecule has 3 rings (SSSR count). The van der Waals surface area contributed by atoms with Gasteiger partial charge in [-0.2, -0.15) is 5.10 Å². The van der Waals surface area contributed by atoms with Crippen molar-refractivity contribution >= 4 is 29.0 Å². The number of benzene rings is 1. The SMILES string of the molecule is [C-]#[N+]c1cc(F)cc(Cc2ccc(NC(=O)C3=NN(C)C(=O)CC3)nc2)c1. The van der Waals surface area contributed by atoms with Gasteiger partial charge in [-0.1, -0.05) is 17.7 Å². The van der Waals surface area contributed by atoms with Gasteiger partial charge in [-0.3, -0.25) is 9.59 Å². The number of aromatic nitrogens is 1. The van der Waals surface area contributed by atoms with Crippen LogP contribution in [-0.2, 0) is 16.0 Å². The van der Waals surface area contributed by atoms with Gasteiger partial charge >= 0.3 is 0 Å². The molecular weight excluding hydrogens is 349 g/mol. The number of halogens is 1. The van der Waals surface area contributed by atoms with Gasteiger partial charge in [0, 0.05) is 26.1 Å². The summed E-state index contributed by atoms with van der Waals surface area (Å²) in [5.41, 5.74) is 2.01. The third-order valence-electron chi connectivity index (χ3n) is 4.02. The van der Waals surface area contributed by atoms with Gasteiger partial charge in [-0.25, -0.2) is 19.2 Å². The molecule has 1 aromatic carbocycles. The lowest BCUT2D eigenvalue weighted by atomic mass is 10.1. The monoisotopic (exact) mass is 365 g/mol. The van der Waals surface area contributed by atoms with Gasteiger partial charge in [0.25, 0.3) is 5.91 Å². The van der Waals surface area contributed by atoms with E-state index in [2.05, 4.69) is 20.2 Å². The van der Waals surface area contributed by atoms with Gasteiger partial charge in [-0.15, -0.1) is 0 Å². The molecule has 0 saturated heterocycles. The highest BCUT2D eigenvalue weighted by molar-refractivity contribution is 6.43. The van der Waals surface area contributed by atoms with Crippen molar-refractivity contribution in [3.05, 3.63) is 64.9 Å². The summed E-state index contributed by atoms with van der Waals surface area (Å²) < 4.78 is 13.5. The van der Waals surface area contributed by atoms with Crippen molar-refractivity contribution in [2.24, 2.45) is 5.10 Å². The maximum Gasteiger partial charge on any atom is 0.273 e. The predicted octanol–water partition coefficient (Wildman–Crippen LogP) is 2.91. The van der Waals surface area contributed by atoms with Gasteiger partial charge in [0.2, 0.25) is 5.91 Å². The third kappa shape index (κ3) is 4.52. The fraction of sp³-hybridized carbons (Fsp3) is 0.211. The first-order chi connectivity index (χ1) is 12.9. The minimum Gasteiger partial charge on any atom is -0.305 e. The average Bonchev–Trinajstić information content (AvgIpc) is 2.65. The fourth-order valence-corrected chi connectivity index (χ4v) is 2.66. The number of nitrogens with zero attached hydrogens (tertiary/aromatic N) is 4. The zero-order valence-electron chi connectivity index (χ0n) is 14.6. The Bertz CT molecular complexity index is 963. The van der Waals surface area contributed by atoms with Gasteiger partial charge in [0.1, 0.15) is 17.3 Å². The van der Waals surface area contributed by atoms with Crippen molar-refractivity contribution < 1.29 is 14.0 Å². The maximum absolute atomic E-state index is 13.5. The Morgan fingerprint density at radius 3 is 2.78 bits per heavy atom. The normalized spacial score (nSPS) is 13.7. The van der Waals surface area contributed by atoms with Crippen LogP contribution >= 0.6 is 0 Å². The summed E-state index contributed by atoms with van der Waals surface area (Å²) in [4.78, 5) is 31.1. The van der Waals surface area contributed by atoms with Crippen molar-refractivity contribution in [3.63, 3.8) is 0 Å². The predicted molar refractivity (Wildman–Crippen MR) is 97.8 cm³/mol. The molecule has 1 aliphatic rings. The number of nitrogens with one attached hydrogen (secondary N) is 1. The Hall–Kier alpha value is -3.60. The average molecular weight is 365 g/mol. The first-order valence-corrected chi connectivity index (χ1v) is 8.22. The number of amides is 2. The number of hydrazone groups is 1. The van der Waals surface area contributed by atoms with Crippen molar-refractivity contribution in [3.8, 4) is 0 Å². The Balaban J connectivity index is 1.66. The summed E-state index contributed by atoms with van der Waals surface area (Å²) in [6.07, 6.45) is 2.53. The molecule has 0 unspecified atom stereocenters. The van der Waals surface area contributed by atoms with Crippen LogP contribution < -0.4 is 5.32 Å². The second-order valence-electron chi connectivity index (χ2n) is 6.08. The van der Waals surface area contributed by atoms with E-state index in [1.54, 1.807) is 24.4 Å². The van der Waals surface area contributed by atoms with Crippen LogP contribution in [0.1, 0.15) is 24.0 Å². The summed E-state index contributed by atoms with van der Waals surface area (Å²) in [7, 11) is 1.51. The van der Waals surface area contributed by atoms with Crippen LogP contribution in [-0.4, -0.2) is 34.6 Å². The van der Waals surface area contributed by atoms with Crippen LogP contribution in [0.2, 0.25) is 0 Å². The van der Waals surface area contributed by atoms with Crippen LogP contribution in [0.5, 0.6) is 0 Å². The van der Waals surface area contributed by atoms with Crippen molar-refractivity contribution in [2.75, 3.05) is 12.4 Å². The number of hydrogen-bond acceptors (Lipinski definition) is 4. The fourth-order valence-electron chi connectivity index (χ4n) is 2.66. The highest BCUT2D eigenvalue weighted by Gasteiger charge is 2.22. The summed E-state index contributed by atoms with van der Waals surface area (Å²) >= 11 is 0. The second-order valence-corrected chi connectivity index (χ2v) is 6.08. The molecule has 2 heterocycles. The van der Waals surface area contributed by atoms with Crippen LogP contribution in [0.15, 0.2) is 41.6 Å². The van der Waals surface area contributed by atoms with E-state index < -0.39 is 11.7 Å². The molecule has 0 saturated carbocycles. The first-order valence-electron chi connectivity index (χ1n) is 8.22. The molecule has 0 bridgehead atoms. The lowest BCUT2D eigenvalue weighted by Gasteiger charge is -2.18. The van der Waals surface area contributed by atoms with Crippen LogP contribution in [0.3, 0.4) is 0 Å². The molecule has 0 radical (unpaired) electrons. The van der Waals surface area contributed by atoms with Crippen molar-refractivity contribution in [2.45, 2.75) is 19.3 Å². The molecule has 1 aromatic heterocycles. The van der Waals surface area contributed by atoms with E-state index in [0.29, 0.717) is 17.8 Å². The summed E-state index contributed by atoms with van der Waals surface area (Å²) in [6, 6.07) is 7.60. The van der Waals surface area contributed by atoms with E-state index in [1.807, 2.05) is 0 Å². The zero-order valence-corrected chi connectivity index (χ0v) is 14.6. The molecule has 2 amide bonds. The van der Waals surface area contributed by atoms with Gasteiger partial charge < -0.3 is 5.32 Å². The Kier molecular flexibility index (Phi) is 5.22. The lowest BCUT2D eigenvalue weighted by molar-refractivity contribution is -0.130. The number of pyridine rings is 1. The quantitative estimate of drug-likeness (QED) is 0.846. The maximum atomic E-state index is 13.5. The van der Waals surface area contributed by atoms with Gasteiger partial charge in [-0.05, 0) is 30.2 Å². The number of rotatable bonds is 4. The molecule has 0 aliphatic carbocycles. The third-order valence-corrected chi connectivity index (χ3v) is 4.02. The van der Waals surface area contributed by atoms with E-state index >= 15 is 0 Å². The van der Waals surface area contributed by atoms with Crippen LogP contribution in [0.4, 0.5) is 15.9 Å². The molecule has 0 fully saturated rings. The Morgan fingerprint density at radius 2 is 2.11 bits per heavy atom. The molecule has 136 valence electrons. The highest BCUT2D eigenvalue weighted by atomic mass is 19.1. The summed E-state index contributed by atoms with van der Waals surface area (Å²) in [5, 5.41) is 7.76. The number of anilines is 1. The molecular formula is C19H16FN5O2.